The van der Waals surface area contributed by atoms with E-state index in [9.17, 15) is 4.79 Å². The number of esters is 1. The average molecular weight is 334 g/mol. The van der Waals surface area contributed by atoms with Crippen molar-refractivity contribution in [2.45, 2.75) is 0 Å². The molecule has 4 heteroatoms. The first kappa shape index (κ1) is 16.6. The van der Waals surface area contributed by atoms with Gasteiger partial charge in [0.15, 0.2) is 0 Å². The van der Waals surface area contributed by atoms with Crippen molar-refractivity contribution in [3.8, 4) is 17.2 Å². The Bertz CT molecular complexity index is 783. The normalized spacial score (nSPS) is 10.1. The molecule has 0 fully saturated rings. The molecule has 4 nitrogen and oxygen atoms in total. The molecule has 0 unspecified atom stereocenters. The quantitative estimate of drug-likeness (QED) is 0.366. The Balaban J connectivity index is 1.46. The van der Waals surface area contributed by atoms with Gasteiger partial charge in [0.25, 0.3) is 0 Å². The van der Waals surface area contributed by atoms with Gasteiger partial charge >= 0.3 is 5.97 Å². The maximum atomic E-state index is 12.1. The molecule has 0 spiro atoms. The zero-order valence-corrected chi connectivity index (χ0v) is 13.6. The molecule has 25 heavy (non-hydrogen) atoms. The molecule has 0 saturated carbocycles. The smallest absolute Gasteiger partial charge is 0.343 e. The summed E-state index contributed by atoms with van der Waals surface area (Å²) >= 11 is 0. The number of hydrogen-bond acceptors (Lipinski definition) is 4. The van der Waals surface area contributed by atoms with Crippen molar-refractivity contribution in [2.24, 2.45) is 0 Å². The Morgan fingerprint density at radius 3 is 1.64 bits per heavy atom. The van der Waals surface area contributed by atoms with Crippen LogP contribution in [0.25, 0.3) is 0 Å². The van der Waals surface area contributed by atoms with Gasteiger partial charge in [-0.05, 0) is 48.5 Å². The Morgan fingerprint density at radius 1 is 0.600 bits per heavy atom. The van der Waals surface area contributed by atoms with Crippen molar-refractivity contribution in [3.63, 3.8) is 0 Å². The lowest BCUT2D eigenvalue weighted by molar-refractivity contribution is 0.0734. The number of ether oxygens (including phenoxy) is 3. The van der Waals surface area contributed by atoms with Crippen molar-refractivity contribution in [1.29, 1.82) is 0 Å². The fourth-order valence-electron chi connectivity index (χ4n) is 2.18. The van der Waals surface area contributed by atoms with E-state index in [4.69, 9.17) is 14.2 Å². The average Bonchev–Trinajstić information content (AvgIpc) is 2.67. The number of carbonyl (C=O) groups excluding carboxylic acids is 1. The van der Waals surface area contributed by atoms with Crippen LogP contribution in [0.15, 0.2) is 84.9 Å². The number of para-hydroxylation sites is 2. The zero-order chi connectivity index (χ0) is 17.3. The van der Waals surface area contributed by atoms with E-state index in [0.717, 1.165) is 5.75 Å². The van der Waals surface area contributed by atoms with Gasteiger partial charge in [-0.2, -0.15) is 0 Å². The van der Waals surface area contributed by atoms with Crippen molar-refractivity contribution >= 4 is 5.97 Å². The van der Waals surface area contributed by atoms with E-state index in [1.54, 1.807) is 36.4 Å². The summed E-state index contributed by atoms with van der Waals surface area (Å²) in [6.07, 6.45) is 0. The van der Waals surface area contributed by atoms with Crippen molar-refractivity contribution in [3.05, 3.63) is 90.5 Å². The summed E-state index contributed by atoms with van der Waals surface area (Å²) in [6.45, 7) is 0.866. The summed E-state index contributed by atoms with van der Waals surface area (Å²) in [5.74, 6) is 1.61. The summed E-state index contributed by atoms with van der Waals surface area (Å²) in [4.78, 5) is 12.1. The van der Waals surface area contributed by atoms with E-state index in [-0.39, 0.29) is 0 Å². The lowest BCUT2D eigenvalue weighted by Gasteiger charge is -2.09. The fourth-order valence-corrected chi connectivity index (χ4v) is 2.18. The van der Waals surface area contributed by atoms with Crippen LogP contribution in [0.1, 0.15) is 10.4 Å². The fraction of sp³-hybridized carbons (Fsp3) is 0.0952. The first-order valence-electron chi connectivity index (χ1n) is 7.99. The molecule has 3 aromatic carbocycles. The molecular formula is C21H18O4. The van der Waals surface area contributed by atoms with Crippen molar-refractivity contribution < 1.29 is 19.0 Å². The number of benzene rings is 3. The first-order valence-corrected chi connectivity index (χ1v) is 7.99. The van der Waals surface area contributed by atoms with E-state index in [1.165, 1.54) is 0 Å². The van der Waals surface area contributed by atoms with Crippen LogP contribution in [-0.4, -0.2) is 19.2 Å². The molecule has 0 aromatic heterocycles. The molecule has 0 bridgehead atoms. The van der Waals surface area contributed by atoms with Gasteiger partial charge in [0.1, 0.15) is 30.5 Å². The topological polar surface area (TPSA) is 44.8 Å². The van der Waals surface area contributed by atoms with Crippen molar-refractivity contribution in [2.75, 3.05) is 13.2 Å². The van der Waals surface area contributed by atoms with Crippen LogP contribution in [0.4, 0.5) is 0 Å². The van der Waals surface area contributed by atoms with Gasteiger partial charge in [-0.25, -0.2) is 4.79 Å². The third kappa shape index (κ3) is 5.11. The molecule has 3 aromatic rings. The molecular weight excluding hydrogens is 316 g/mol. The summed E-state index contributed by atoms with van der Waals surface area (Å²) in [7, 11) is 0. The second-order valence-electron chi connectivity index (χ2n) is 5.24. The molecule has 0 N–H and O–H groups in total. The molecule has 3 rings (SSSR count). The van der Waals surface area contributed by atoms with Gasteiger partial charge in [-0.3, -0.25) is 0 Å². The predicted octanol–water partition coefficient (Wildman–Crippen LogP) is 4.36. The lowest BCUT2D eigenvalue weighted by Crippen LogP contribution is -2.10. The summed E-state index contributed by atoms with van der Waals surface area (Å²) in [6, 6.07) is 25.4. The van der Waals surface area contributed by atoms with Crippen LogP contribution in [-0.2, 0) is 0 Å². The largest absolute Gasteiger partial charge is 0.490 e. The van der Waals surface area contributed by atoms with E-state index in [0.29, 0.717) is 30.3 Å². The minimum absolute atomic E-state index is 0.398. The Labute approximate surface area is 146 Å². The van der Waals surface area contributed by atoms with E-state index >= 15 is 0 Å². The Kier molecular flexibility index (Phi) is 5.67. The summed E-state index contributed by atoms with van der Waals surface area (Å²) in [5.41, 5.74) is 0.469. The molecule has 0 aliphatic heterocycles. The van der Waals surface area contributed by atoms with Crippen LogP contribution in [0.2, 0.25) is 0 Å². The second-order valence-corrected chi connectivity index (χ2v) is 5.24. The molecule has 0 saturated heterocycles. The predicted molar refractivity (Wildman–Crippen MR) is 95.3 cm³/mol. The number of carbonyl (C=O) groups is 1. The van der Waals surface area contributed by atoms with Crippen LogP contribution in [0, 0.1) is 0 Å². The summed E-state index contributed by atoms with van der Waals surface area (Å²) < 4.78 is 16.4. The molecule has 0 heterocycles. The Hall–Kier alpha value is -3.27. The van der Waals surface area contributed by atoms with Crippen molar-refractivity contribution in [1.82, 2.24) is 0 Å². The molecule has 126 valence electrons. The van der Waals surface area contributed by atoms with Crippen LogP contribution >= 0.6 is 0 Å². The maximum Gasteiger partial charge on any atom is 0.343 e. The van der Waals surface area contributed by atoms with E-state index < -0.39 is 5.97 Å². The third-order valence-electron chi connectivity index (χ3n) is 3.41. The second kappa shape index (κ2) is 8.55. The van der Waals surface area contributed by atoms with Gasteiger partial charge in [0.05, 0.1) is 5.56 Å². The van der Waals surface area contributed by atoms with Gasteiger partial charge in [0.2, 0.25) is 0 Å². The van der Waals surface area contributed by atoms with Gasteiger partial charge in [0, 0.05) is 0 Å². The van der Waals surface area contributed by atoms with Crippen LogP contribution in [0.3, 0.4) is 0 Å². The minimum Gasteiger partial charge on any atom is -0.490 e. The standard InChI is InChI=1S/C21H18O4/c22-21(25-20-9-5-2-6-10-20)17-11-13-19(14-12-17)24-16-15-23-18-7-3-1-4-8-18/h1-14H,15-16H2. The van der Waals surface area contributed by atoms with Crippen LogP contribution < -0.4 is 14.2 Å². The lowest BCUT2D eigenvalue weighted by atomic mass is 10.2. The highest BCUT2D eigenvalue weighted by Gasteiger charge is 2.08. The molecule has 0 amide bonds. The highest BCUT2D eigenvalue weighted by Crippen LogP contribution is 2.16. The van der Waals surface area contributed by atoms with Gasteiger partial charge in [-0.15, -0.1) is 0 Å². The first-order chi connectivity index (χ1) is 12.3. The Morgan fingerprint density at radius 2 is 1.08 bits per heavy atom. The monoisotopic (exact) mass is 334 g/mol. The molecule has 0 atom stereocenters. The SMILES string of the molecule is O=C(Oc1ccccc1)c1ccc(OCCOc2ccccc2)cc1. The summed E-state index contributed by atoms with van der Waals surface area (Å²) in [5, 5.41) is 0. The molecule has 0 aliphatic carbocycles. The molecule has 0 aliphatic rings. The van der Waals surface area contributed by atoms with Gasteiger partial charge in [-0.1, -0.05) is 36.4 Å². The minimum atomic E-state index is -0.398. The number of hydrogen-bond donors (Lipinski definition) is 0. The zero-order valence-electron chi connectivity index (χ0n) is 13.6. The highest BCUT2D eigenvalue weighted by molar-refractivity contribution is 5.91. The highest BCUT2D eigenvalue weighted by atomic mass is 16.5. The van der Waals surface area contributed by atoms with E-state index in [2.05, 4.69) is 0 Å². The van der Waals surface area contributed by atoms with E-state index in [1.807, 2.05) is 48.5 Å². The van der Waals surface area contributed by atoms with Crippen LogP contribution in [0.5, 0.6) is 17.2 Å². The third-order valence-corrected chi connectivity index (χ3v) is 3.41. The maximum absolute atomic E-state index is 12.1. The number of rotatable bonds is 7. The molecule has 0 radical (unpaired) electrons. The van der Waals surface area contributed by atoms with Gasteiger partial charge < -0.3 is 14.2 Å².